The molecule has 0 saturated heterocycles. The van der Waals surface area contributed by atoms with Crippen LogP contribution < -0.4 is 10.6 Å². The lowest BCUT2D eigenvalue weighted by molar-refractivity contribution is -0.122. The highest BCUT2D eigenvalue weighted by molar-refractivity contribution is 5.92. The van der Waals surface area contributed by atoms with Crippen molar-refractivity contribution < 1.29 is 14.0 Å². The van der Waals surface area contributed by atoms with Gasteiger partial charge >= 0.3 is 0 Å². The molecule has 1 saturated carbocycles. The number of nitrogens with one attached hydrogen (secondary N) is 2. The van der Waals surface area contributed by atoms with Crippen LogP contribution in [0.2, 0.25) is 0 Å². The van der Waals surface area contributed by atoms with Gasteiger partial charge in [0.05, 0.1) is 0 Å². The van der Waals surface area contributed by atoms with Gasteiger partial charge in [-0.15, -0.1) is 0 Å². The Morgan fingerprint density at radius 3 is 2.70 bits per heavy atom. The average Bonchev–Trinajstić information content (AvgIpc) is 3.10. The number of aryl methyl sites for hydroxylation is 1. The van der Waals surface area contributed by atoms with E-state index in [0.29, 0.717) is 23.7 Å². The normalized spacial score (nSPS) is 20.4. The number of hydrogen-bond acceptors (Lipinski definition) is 2. The number of hydrogen-bond donors (Lipinski definition) is 2. The molecule has 2 amide bonds. The molecule has 1 aromatic rings. The maximum atomic E-state index is 12.9. The molecule has 0 aromatic heterocycles. The summed E-state index contributed by atoms with van der Waals surface area (Å²) < 4.78 is 12.9. The zero-order chi connectivity index (χ0) is 14.7. The Morgan fingerprint density at radius 1 is 1.40 bits per heavy atom. The van der Waals surface area contributed by atoms with E-state index >= 15 is 0 Å². The first kappa shape index (κ1) is 14.5. The Kier molecular flexibility index (Phi) is 4.37. The molecule has 1 fully saturated rings. The summed E-state index contributed by atoms with van der Waals surface area (Å²) >= 11 is 0. The Morgan fingerprint density at radius 2 is 2.10 bits per heavy atom. The van der Waals surface area contributed by atoms with Crippen LogP contribution in [0.1, 0.15) is 25.3 Å². The first-order chi connectivity index (χ1) is 9.47. The minimum absolute atomic E-state index is 0.0308. The molecule has 20 heavy (non-hydrogen) atoms. The second-order valence-corrected chi connectivity index (χ2v) is 5.37. The van der Waals surface area contributed by atoms with Crippen molar-refractivity contribution in [2.45, 2.75) is 26.7 Å². The van der Waals surface area contributed by atoms with Gasteiger partial charge in [-0.25, -0.2) is 4.39 Å². The van der Waals surface area contributed by atoms with E-state index in [2.05, 4.69) is 10.6 Å². The van der Waals surface area contributed by atoms with Gasteiger partial charge in [-0.2, -0.15) is 0 Å². The standard InChI is InChI=1S/C15H19FN2O2/c1-9-8-12(9)15(20)17-6-5-14(19)18-13-4-3-11(16)7-10(13)2/h3-4,7,9,12H,5-6,8H2,1-2H3,(H,17,20)(H,18,19)/t9-,12+/m0/s1. The van der Waals surface area contributed by atoms with Gasteiger partial charge in [-0.05, 0) is 43.0 Å². The smallest absolute Gasteiger partial charge is 0.226 e. The maximum Gasteiger partial charge on any atom is 0.226 e. The highest BCUT2D eigenvalue weighted by atomic mass is 19.1. The van der Waals surface area contributed by atoms with Gasteiger partial charge < -0.3 is 10.6 Å². The van der Waals surface area contributed by atoms with Crippen LogP contribution in [0.4, 0.5) is 10.1 Å². The van der Waals surface area contributed by atoms with Crippen molar-refractivity contribution in [1.29, 1.82) is 0 Å². The molecule has 1 aromatic carbocycles. The van der Waals surface area contributed by atoms with Gasteiger partial charge in [0.25, 0.3) is 0 Å². The summed E-state index contributed by atoms with van der Waals surface area (Å²) in [5.41, 5.74) is 1.27. The minimum Gasteiger partial charge on any atom is -0.355 e. The fourth-order valence-corrected chi connectivity index (χ4v) is 2.10. The molecular weight excluding hydrogens is 259 g/mol. The second-order valence-electron chi connectivity index (χ2n) is 5.37. The molecule has 0 spiro atoms. The van der Waals surface area contributed by atoms with Crippen molar-refractivity contribution in [2.75, 3.05) is 11.9 Å². The van der Waals surface area contributed by atoms with E-state index < -0.39 is 0 Å². The fourth-order valence-electron chi connectivity index (χ4n) is 2.10. The zero-order valence-electron chi connectivity index (χ0n) is 11.7. The lowest BCUT2D eigenvalue weighted by atomic mass is 10.2. The topological polar surface area (TPSA) is 58.2 Å². The summed E-state index contributed by atoms with van der Waals surface area (Å²) in [6, 6.07) is 4.21. The van der Waals surface area contributed by atoms with Crippen molar-refractivity contribution >= 4 is 17.5 Å². The molecule has 0 unspecified atom stereocenters. The highest BCUT2D eigenvalue weighted by Gasteiger charge is 2.38. The zero-order valence-corrected chi connectivity index (χ0v) is 11.7. The molecular formula is C15H19FN2O2. The summed E-state index contributed by atoms with van der Waals surface area (Å²) in [5.74, 6) is 0.0986. The van der Waals surface area contributed by atoms with Crippen LogP contribution in [0.15, 0.2) is 18.2 Å². The van der Waals surface area contributed by atoms with Gasteiger partial charge in [0, 0.05) is 24.6 Å². The number of rotatable bonds is 5. The van der Waals surface area contributed by atoms with E-state index in [1.807, 2.05) is 6.92 Å². The SMILES string of the molecule is Cc1cc(F)ccc1NC(=O)CCNC(=O)[C@@H]1C[C@@H]1C. The number of benzene rings is 1. The third-order valence-electron chi connectivity index (χ3n) is 3.56. The van der Waals surface area contributed by atoms with E-state index in [-0.39, 0.29) is 30.0 Å². The van der Waals surface area contributed by atoms with Crippen LogP contribution in [0, 0.1) is 24.6 Å². The summed E-state index contributed by atoms with van der Waals surface area (Å²) in [7, 11) is 0. The first-order valence-electron chi connectivity index (χ1n) is 6.81. The number of amides is 2. The molecule has 1 aliphatic carbocycles. The number of carbonyl (C=O) groups is 2. The number of carbonyl (C=O) groups excluding carboxylic acids is 2. The second kappa shape index (κ2) is 6.03. The van der Waals surface area contributed by atoms with Crippen LogP contribution in [0.3, 0.4) is 0 Å². The Bertz CT molecular complexity index is 531. The van der Waals surface area contributed by atoms with Crippen molar-refractivity contribution in [1.82, 2.24) is 5.32 Å². The molecule has 2 rings (SSSR count). The molecule has 2 atom stereocenters. The van der Waals surface area contributed by atoms with Gasteiger partial charge in [-0.3, -0.25) is 9.59 Å². The lowest BCUT2D eigenvalue weighted by Gasteiger charge is -2.09. The van der Waals surface area contributed by atoms with Crippen LogP contribution in [-0.2, 0) is 9.59 Å². The largest absolute Gasteiger partial charge is 0.355 e. The quantitative estimate of drug-likeness (QED) is 0.867. The summed E-state index contributed by atoms with van der Waals surface area (Å²) in [4.78, 5) is 23.3. The van der Waals surface area contributed by atoms with E-state index in [9.17, 15) is 14.0 Å². The molecule has 2 N–H and O–H groups in total. The monoisotopic (exact) mass is 278 g/mol. The first-order valence-corrected chi connectivity index (χ1v) is 6.81. The third-order valence-corrected chi connectivity index (χ3v) is 3.56. The molecule has 108 valence electrons. The van der Waals surface area contributed by atoms with Crippen molar-refractivity contribution in [2.24, 2.45) is 11.8 Å². The molecule has 0 bridgehead atoms. The van der Waals surface area contributed by atoms with Gasteiger partial charge in [0.1, 0.15) is 5.82 Å². The molecule has 0 heterocycles. The van der Waals surface area contributed by atoms with Gasteiger partial charge in [0.15, 0.2) is 0 Å². The highest BCUT2D eigenvalue weighted by Crippen LogP contribution is 2.37. The predicted molar refractivity (Wildman–Crippen MR) is 74.7 cm³/mol. The minimum atomic E-state index is -0.327. The molecule has 1 aliphatic rings. The van der Waals surface area contributed by atoms with Gasteiger partial charge in [0.2, 0.25) is 11.8 Å². The van der Waals surface area contributed by atoms with E-state index in [4.69, 9.17) is 0 Å². The average molecular weight is 278 g/mol. The molecule has 5 heteroatoms. The van der Waals surface area contributed by atoms with Crippen LogP contribution in [-0.4, -0.2) is 18.4 Å². The number of halogens is 1. The van der Waals surface area contributed by atoms with E-state index in [1.165, 1.54) is 18.2 Å². The van der Waals surface area contributed by atoms with Crippen LogP contribution >= 0.6 is 0 Å². The van der Waals surface area contributed by atoms with Crippen LogP contribution in [0.5, 0.6) is 0 Å². The van der Waals surface area contributed by atoms with Crippen molar-refractivity contribution in [3.8, 4) is 0 Å². The Labute approximate surface area is 117 Å². The molecule has 4 nitrogen and oxygen atoms in total. The predicted octanol–water partition coefficient (Wildman–Crippen LogP) is 2.23. The Hall–Kier alpha value is -1.91. The summed E-state index contributed by atoms with van der Waals surface area (Å²) in [6.45, 7) is 4.09. The molecule has 0 aliphatic heterocycles. The molecule has 0 radical (unpaired) electrons. The van der Waals surface area contributed by atoms with E-state index in [1.54, 1.807) is 6.92 Å². The number of anilines is 1. The Balaban J connectivity index is 1.73. The lowest BCUT2D eigenvalue weighted by Crippen LogP contribution is -2.29. The maximum absolute atomic E-state index is 12.9. The third kappa shape index (κ3) is 3.79. The van der Waals surface area contributed by atoms with Crippen LogP contribution in [0.25, 0.3) is 0 Å². The van der Waals surface area contributed by atoms with E-state index in [0.717, 1.165) is 6.42 Å². The summed E-state index contributed by atoms with van der Waals surface area (Å²) in [5, 5.41) is 5.46. The summed E-state index contributed by atoms with van der Waals surface area (Å²) in [6.07, 6.45) is 1.15. The van der Waals surface area contributed by atoms with Gasteiger partial charge in [-0.1, -0.05) is 6.92 Å². The fraction of sp³-hybridized carbons (Fsp3) is 0.467. The van der Waals surface area contributed by atoms with Crippen molar-refractivity contribution in [3.05, 3.63) is 29.6 Å². The van der Waals surface area contributed by atoms with Crippen molar-refractivity contribution in [3.63, 3.8) is 0 Å².